The van der Waals surface area contributed by atoms with Crippen molar-refractivity contribution in [3.63, 3.8) is 0 Å². The average molecular weight is 1560 g/mol. The zero-order chi connectivity index (χ0) is 78.3. The smallest absolute Gasteiger partial charge is 0.462 e. The number of unbranched alkanes of at least 4 members (excludes halogenated alkanes) is 60. The van der Waals surface area contributed by atoms with Crippen molar-refractivity contribution in [2.24, 2.45) is 5.92 Å². The second kappa shape index (κ2) is 80.7. The molecule has 636 valence electrons. The van der Waals surface area contributed by atoms with Crippen LogP contribution < -0.4 is 0 Å². The van der Waals surface area contributed by atoms with Gasteiger partial charge in [-0.1, -0.05) is 426 Å². The van der Waals surface area contributed by atoms with E-state index in [9.17, 15) is 43.2 Å². The SMILES string of the molecule is CCCCCCCCCCCCCCCCCCCCCCCCC(=O)O[C@H](COC(=O)CCCCCCCCCCCCCCCCCCCCCCC)COP(=O)(O)OC[C@@H](O)COP(=O)(O)OC[C@@H](COC(=O)CCCCCCCCCCCCCC)OC(=O)CCCCCCCCCCCC(C)C. The second-order valence-electron chi connectivity index (χ2n) is 32.1. The van der Waals surface area contributed by atoms with Crippen LogP contribution in [0, 0.1) is 5.92 Å². The van der Waals surface area contributed by atoms with Crippen LogP contribution in [0.25, 0.3) is 0 Å². The first kappa shape index (κ1) is 105. The number of hydrogen-bond acceptors (Lipinski definition) is 15. The van der Waals surface area contributed by atoms with Crippen LogP contribution in [0.2, 0.25) is 0 Å². The lowest BCUT2D eigenvalue weighted by Crippen LogP contribution is -2.30. The highest BCUT2D eigenvalue weighted by Gasteiger charge is 2.30. The highest BCUT2D eigenvalue weighted by molar-refractivity contribution is 7.47. The molecule has 3 N–H and O–H groups in total. The monoisotopic (exact) mass is 1560 g/mol. The summed E-state index contributed by atoms with van der Waals surface area (Å²) >= 11 is 0. The number of carbonyl (C=O) groups is 4. The van der Waals surface area contributed by atoms with E-state index in [4.69, 9.17) is 37.0 Å². The van der Waals surface area contributed by atoms with Gasteiger partial charge in [0.15, 0.2) is 12.2 Å². The molecule has 0 aliphatic rings. The van der Waals surface area contributed by atoms with Gasteiger partial charge in [0.1, 0.15) is 19.3 Å². The minimum Gasteiger partial charge on any atom is -0.462 e. The number of hydrogen-bond donors (Lipinski definition) is 3. The maximum atomic E-state index is 13.2. The first-order valence-electron chi connectivity index (χ1n) is 45.6. The molecule has 19 heteroatoms. The van der Waals surface area contributed by atoms with Gasteiger partial charge in [-0.3, -0.25) is 37.3 Å². The van der Waals surface area contributed by atoms with E-state index >= 15 is 0 Å². The highest BCUT2D eigenvalue weighted by atomic mass is 31.2. The third-order valence-electron chi connectivity index (χ3n) is 20.8. The summed E-state index contributed by atoms with van der Waals surface area (Å²) in [5.74, 6) is -1.36. The molecule has 0 fully saturated rings. The molecule has 0 aromatic rings. The van der Waals surface area contributed by atoms with Gasteiger partial charge in [-0.15, -0.1) is 0 Å². The van der Waals surface area contributed by atoms with Crippen LogP contribution in [0.15, 0.2) is 0 Å². The molecular weight excluding hydrogens is 1390 g/mol. The van der Waals surface area contributed by atoms with Crippen molar-refractivity contribution in [3.05, 3.63) is 0 Å². The Balaban J connectivity index is 5.20. The molecule has 0 amide bonds. The van der Waals surface area contributed by atoms with E-state index in [1.807, 2.05) is 0 Å². The molecule has 0 saturated heterocycles. The summed E-state index contributed by atoms with van der Waals surface area (Å²) in [5.41, 5.74) is 0. The van der Waals surface area contributed by atoms with E-state index in [1.165, 1.54) is 302 Å². The van der Waals surface area contributed by atoms with E-state index in [-0.39, 0.29) is 25.7 Å². The molecule has 0 aromatic carbocycles. The van der Waals surface area contributed by atoms with Crippen molar-refractivity contribution in [1.29, 1.82) is 0 Å². The van der Waals surface area contributed by atoms with Crippen LogP contribution >= 0.6 is 15.6 Å². The van der Waals surface area contributed by atoms with Gasteiger partial charge in [0, 0.05) is 25.7 Å². The van der Waals surface area contributed by atoms with Gasteiger partial charge in [0.05, 0.1) is 26.4 Å². The fraction of sp³-hybridized carbons (Fsp3) is 0.955. The van der Waals surface area contributed by atoms with Gasteiger partial charge in [-0.2, -0.15) is 0 Å². The van der Waals surface area contributed by atoms with E-state index in [0.717, 1.165) is 95.8 Å². The number of aliphatic hydroxyl groups excluding tert-OH is 1. The molecule has 107 heavy (non-hydrogen) atoms. The summed E-state index contributed by atoms with van der Waals surface area (Å²) in [7, 11) is -9.93. The molecule has 0 rings (SSSR count). The van der Waals surface area contributed by atoms with Crippen molar-refractivity contribution in [2.75, 3.05) is 39.6 Å². The molecule has 17 nitrogen and oxygen atoms in total. The Morgan fingerprint density at radius 3 is 0.636 bits per heavy atom. The predicted molar refractivity (Wildman–Crippen MR) is 442 cm³/mol. The molecule has 0 saturated carbocycles. The van der Waals surface area contributed by atoms with E-state index in [2.05, 4.69) is 34.6 Å². The second-order valence-corrected chi connectivity index (χ2v) is 35.0. The maximum Gasteiger partial charge on any atom is 0.472 e. The molecule has 0 aliphatic carbocycles. The van der Waals surface area contributed by atoms with E-state index < -0.39 is 97.5 Å². The van der Waals surface area contributed by atoms with Gasteiger partial charge < -0.3 is 33.8 Å². The Morgan fingerprint density at radius 2 is 0.430 bits per heavy atom. The number of rotatable bonds is 88. The number of aliphatic hydroxyl groups is 1. The maximum absolute atomic E-state index is 13.2. The quantitative estimate of drug-likeness (QED) is 0.0222. The van der Waals surface area contributed by atoms with Crippen LogP contribution in [0.4, 0.5) is 0 Å². The molecule has 0 heterocycles. The Morgan fingerprint density at radius 1 is 0.252 bits per heavy atom. The predicted octanol–water partition coefficient (Wildman–Crippen LogP) is 27.2. The number of phosphoric acid groups is 2. The minimum absolute atomic E-state index is 0.106. The number of carbonyl (C=O) groups excluding carboxylic acids is 4. The van der Waals surface area contributed by atoms with E-state index in [0.29, 0.717) is 25.7 Å². The minimum atomic E-state index is -4.97. The fourth-order valence-electron chi connectivity index (χ4n) is 13.8. The number of esters is 4. The zero-order valence-electron chi connectivity index (χ0n) is 70.3. The van der Waals surface area contributed by atoms with Crippen molar-refractivity contribution in [2.45, 2.75) is 496 Å². The van der Waals surface area contributed by atoms with Crippen molar-refractivity contribution >= 4 is 39.5 Å². The molecule has 0 aliphatic heterocycles. The molecule has 2 unspecified atom stereocenters. The molecule has 0 bridgehead atoms. The lowest BCUT2D eigenvalue weighted by Gasteiger charge is -2.21. The van der Waals surface area contributed by atoms with Crippen LogP contribution in [0.5, 0.6) is 0 Å². The van der Waals surface area contributed by atoms with Crippen molar-refractivity contribution in [3.8, 4) is 0 Å². The van der Waals surface area contributed by atoms with Crippen LogP contribution in [-0.4, -0.2) is 96.7 Å². The molecule has 0 aromatic heterocycles. The van der Waals surface area contributed by atoms with Crippen molar-refractivity contribution in [1.82, 2.24) is 0 Å². The van der Waals surface area contributed by atoms with Gasteiger partial charge in [-0.05, 0) is 31.6 Å². The summed E-state index contributed by atoms with van der Waals surface area (Å²) in [5, 5.41) is 10.7. The topological polar surface area (TPSA) is 237 Å². The van der Waals surface area contributed by atoms with Crippen LogP contribution in [-0.2, 0) is 65.4 Å². The summed E-state index contributed by atoms with van der Waals surface area (Å²) < 4.78 is 68.9. The summed E-state index contributed by atoms with van der Waals surface area (Å²) in [6.45, 7) is 7.34. The summed E-state index contributed by atoms with van der Waals surface area (Å²) in [6, 6.07) is 0. The van der Waals surface area contributed by atoms with Gasteiger partial charge in [0.25, 0.3) is 0 Å². The third-order valence-corrected chi connectivity index (χ3v) is 22.7. The van der Waals surface area contributed by atoms with Gasteiger partial charge in [-0.25, -0.2) is 9.13 Å². The molecule has 0 spiro atoms. The first-order chi connectivity index (χ1) is 52.0. The Labute approximate surface area is 658 Å². The Hall–Kier alpha value is -1.94. The summed E-state index contributed by atoms with van der Waals surface area (Å²) in [4.78, 5) is 73.2. The molecule has 0 radical (unpaired) electrons. The Kier molecular flexibility index (Phi) is 79.2. The molecule has 5 atom stereocenters. The van der Waals surface area contributed by atoms with Gasteiger partial charge >= 0.3 is 39.5 Å². The van der Waals surface area contributed by atoms with Crippen LogP contribution in [0.1, 0.15) is 478 Å². The first-order valence-corrected chi connectivity index (χ1v) is 48.6. The van der Waals surface area contributed by atoms with Gasteiger partial charge in [0.2, 0.25) is 0 Å². The third kappa shape index (κ3) is 81.9. The summed E-state index contributed by atoms with van der Waals surface area (Å²) in [6.07, 6.45) is 75.2. The lowest BCUT2D eigenvalue weighted by molar-refractivity contribution is -0.161. The largest absolute Gasteiger partial charge is 0.472 e. The zero-order valence-corrected chi connectivity index (χ0v) is 72.1. The number of phosphoric ester groups is 2. The highest BCUT2D eigenvalue weighted by Crippen LogP contribution is 2.45. The normalized spacial score (nSPS) is 13.7. The van der Waals surface area contributed by atoms with E-state index in [1.54, 1.807) is 0 Å². The van der Waals surface area contributed by atoms with Crippen molar-refractivity contribution < 1.29 is 80.2 Å². The lowest BCUT2D eigenvalue weighted by atomic mass is 10.0. The van der Waals surface area contributed by atoms with Crippen LogP contribution in [0.3, 0.4) is 0 Å². The fourth-order valence-corrected chi connectivity index (χ4v) is 15.4. The molecular formula is C88H172O17P2. The Bertz CT molecular complexity index is 2030. The standard InChI is InChI=1S/C88H172O17P2/c1-6-9-12-15-18-21-24-27-29-31-33-35-37-39-41-43-45-48-53-58-63-68-73-87(92)104-83(77-99-86(91)72-67-62-57-52-47-44-42-40-38-36-34-32-30-28-25-22-19-16-13-10-7-2)79-102-106(94,95)100-75-82(89)76-101-107(96,97)103-80-84(105-88(93)74-69-64-59-54-49-50-55-60-65-70-81(4)5)78-98-85(90)71-66-61-56-51-46-26-23-20-17-14-11-8-3/h81-84,89H,6-80H2,1-5H3,(H,94,95)(H,96,97)/t82-,83-,84-/m1/s1. The average Bonchev–Trinajstić information content (AvgIpc) is 0.906. The number of ether oxygens (including phenoxy) is 4.